The van der Waals surface area contributed by atoms with Crippen LogP contribution in [0, 0.1) is 13.8 Å². The molecule has 0 spiro atoms. The van der Waals surface area contributed by atoms with E-state index in [1.807, 2.05) is 36.4 Å². The standard InChI is InChI=1S/C31H24N2OS2/c1-19-7-10-21(11-8-19)18-25-24-5-3-4-6-27(24)35-29(25)30(34)32-23-14-12-22(13-15-23)31-33-26-16-9-20(2)17-28(26)36-31/h3-17H,18H2,1-2H3,(H,32,34). The fourth-order valence-electron chi connectivity index (χ4n) is 4.41. The lowest BCUT2D eigenvalue weighted by Crippen LogP contribution is -2.12. The van der Waals surface area contributed by atoms with E-state index >= 15 is 0 Å². The third-order valence-electron chi connectivity index (χ3n) is 6.34. The first-order valence-electron chi connectivity index (χ1n) is 11.9. The summed E-state index contributed by atoms with van der Waals surface area (Å²) >= 11 is 3.25. The highest BCUT2D eigenvalue weighted by Crippen LogP contribution is 2.34. The monoisotopic (exact) mass is 504 g/mol. The van der Waals surface area contributed by atoms with Gasteiger partial charge in [0.05, 0.1) is 15.1 Å². The van der Waals surface area contributed by atoms with Gasteiger partial charge in [-0.3, -0.25) is 4.79 Å². The Labute approximate surface area is 218 Å². The summed E-state index contributed by atoms with van der Waals surface area (Å²) in [4.78, 5) is 19.0. The molecule has 0 aliphatic heterocycles. The van der Waals surface area contributed by atoms with Crippen molar-refractivity contribution in [2.75, 3.05) is 5.32 Å². The number of nitrogens with one attached hydrogen (secondary N) is 1. The van der Waals surface area contributed by atoms with Gasteiger partial charge in [0.25, 0.3) is 5.91 Å². The second-order valence-electron chi connectivity index (χ2n) is 9.09. The highest BCUT2D eigenvalue weighted by molar-refractivity contribution is 7.21. The minimum absolute atomic E-state index is 0.0680. The Bertz CT molecular complexity index is 1710. The van der Waals surface area contributed by atoms with E-state index in [2.05, 4.69) is 73.8 Å². The van der Waals surface area contributed by atoms with Gasteiger partial charge in [-0.05, 0) is 84.8 Å². The van der Waals surface area contributed by atoms with Crippen molar-refractivity contribution in [3.8, 4) is 10.6 Å². The zero-order valence-corrected chi connectivity index (χ0v) is 21.7. The van der Waals surface area contributed by atoms with Crippen LogP contribution in [0.5, 0.6) is 0 Å². The predicted octanol–water partition coefficient (Wildman–Crippen LogP) is 8.64. The fraction of sp³-hybridized carbons (Fsp3) is 0.0968. The molecule has 0 unspecified atom stereocenters. The predicted molar refractivity (Wildman–Crippen MR) is 154 cm³/mol. The summed E-state index contributed by atoms with van der Waals surface area (Å²) in [5.74, 6) is -0.0680. The van der Waals surface area contributed by atoms with Crippen LogP contribution < -0.4 is 5.32 Å². The van der Waals surface area contributed by atoms with Gasteiger partial charge in [-0.2, -0.15) is 0 Å². The zero-order chi connectivity index (χ0) is 24.6. The minimum Gasteiger partial charge on any atom is -0.321 e. The molecule has 0 aliphatic rings. The van der Waals surface area contributed by atoms with Gasteiger partial charge in [0.2, 0.25) is 0 Å². The third kappa shape index (κ3) is 4.43. The van der Waals surface area contributed by atoms with E-state index in [9.17, 15) is 4.79 Å². The van der Waals surface area contributed by atoms with E-state index in [-0.39, 0.29) is 5.91 Å². The Hall–Kier alpha value is -3.80. The normalized spacial score (nSPS) is 11.3. The van der Waals surface area contributed by atoms with Crippen molar-refractivity contribution in [2.45, 2.75) is 20.3 Å². The van der Waals surface area contributed by atoms with Gasteiger partial charge in [-0.15, -0.1) is 22.7 Å². The van der Waals surface area contributed by atoms with Crippen LogP contribution in [0.1, 0.15) is 31.9 Å². The Kier molecular flexibility index (Phi) is 5.88. The SMILES string of the molecule is Cc1ccc(Cc2c(C(=O)Nc3ccc(-c4nc5ccc(C)cc5s4)cc3)sc3ccccc23)cc1. The smallest absolute Gasteiger partial charge is 0.266 e. The van der Waals surface area contributed by atoms with Crippen molar-refractivity contribution in [1.82, 2.24) is 4.98 Å². The van der Waals surface area contributed by atoms with Crippen LogP contribution in [0.4, 0.5) is 5.69 Å². The van der Waals surface area contributed by atoms with Crippen molar-refractivity contribution >= 4 is 54.6 Å². The Balaban J connectivity index is 1.27. The maximum atomic E-state index is 13.4. The second-order valence-corrected chi connectivity index (χ2v) is 11.2. The molecule has 0 saturated carbocycles. The van der Waals surface area contributed by atoms with Gasteiger partial charge in [0.15, 0.2) is 0 Å². The van der Waals surface area contributed by atoms with Crippen molar-refractivity contribution in [2.24, 2.45) is 0 Å². The molecule has 1 N–H and O–H groups in total. The van der Waals surface area contributed by atoms with Crippen molar-refractivity contribution < 1.29 is 4.79 Å². The maximum absolute atomic E-state index is 13.4. The molecule has 4 aromatic carbocycles. The molecule has 0 bridgehead atoms. The molecule has 2 aromatic heterocycles. The molecule has 0 aliphatic carbocycles. The number of benzene rings is 4. The van der Waals surface area contributed by atoms with Gasteiger partial charge in [0, 0.05) is 16.0 Å². The summed E-state index contributed by atoms with van der Waals surface area (Å²) in [6.07, 6.45) is 0.725. The first-order chi connectivity index (χ1) is 17.5. The molecule has 6 aromatic rings. The maximum Gasteiger partial charge on any atom is 0.266 e. The summed E-state index contributed by atoms with van der Waals surface area (Å²) in [5.41, 5.74) is 7.60. The summed E-state index contributed by atoms with van der Waals surface area (Å²) in [6.45, 7) is 4.19. The van der Waals surface area contributed by atoms with Crippen LogP contribution in [-0.2, 0) is 6.42 Å². The van der Waals surface area contributed by atoms with Gasteiger partial charge in [-0.25, -0.2) is 4.98 Å². The van der Waals surface area contributed by atoms with Crippen LogP contribution in [0.3, 0.4) is 0 Å². The lowest BCUT2D eigenvalue weighted by molar-refractivity contribution is 0.103. The van der Waals surface area contributed by atoms with E-state index in [0.29, 0.717) is 0 Å². The minimum atomic E-state index is -0.0680. The number of carbonyl (C=O) groups is 1. The van der Waals surface area contributed by atoms with Crippen LogP contribution in [-0.4, -0.2) is 10.9 Å². The van der Waals surface area contributed by atoms with E-state index in [4.69, 9.17) is 4.98 Å². The quantitative estimate of drug-likeness (QED) is 0.255. The average Bonchev–Trinajstić information content (AvgIpc) is 3.47. The number of carbonyl (C=O) groups excluding carboxylic acids is 1. The van der Waals surface area contributed by atoms with Gasteiger partial charge in [-0.1, -0.05) is 54.1 Å². The van der Waals surface area contributed by atoms with Crippen LogP contribution in [0.2, 0.25) is 0 Å². The van der Waals surface area contributed by atoms with Crippen LogP contribution in [0.25, 0.3) is 30.9 Å². The van der Waals surface area contributed by atoms with Gasteiger partial charge < -0.3 is 5.32 Å². The molecule has 6 rings (SSSR count). The second kappa shape index (κ2) is 9.34. The van der Waals surface area contributed by atoms with Crippen molar-refractivity contribution in [3.63, 3.8) is 0 Å². The number of fused-ring (bicyclic) bond motifs is 2. The topological polar surface area (TPSA) is 42.0 Å². The Morgan fingerprint density at radius 3 is 2.36 bits per heavy atom. The van der Waals surface area contributed by atoms with Crippen LogP contribution >= 0.6 is 22.7 Å². The van der Waals surface area contributed by atoms with Crippen molar-refractivity contribution in [1.29, 1.82) is 0 Å². The largest absolute Gasteiger partial charge is 0.321 e. The number of thiazole rings is 1. The number of rotatable bonds is 5. The molecule has 0 radical (unpaired) electrons. The Morgan fingerprint density at radius 1 is 0.806 bits per heavy atom. The number of aryl methyl sites for hydroxylation is 2. The zero-order valence-electron chi connectivity index (χ0n) is 20.0. The van der Waals surface area contributed by atoms with E-state index in [1.54, 1.807) is 22.7 Å². The number of amides is 1. The lowest BCUT2D eigenvalue weighted by Gasteiger charge is -2.08. The molecule has 1 amide bonds. The number of nitrogens with zero attached hydrogens (tertiary/aromatic N) is 1. The number of hydrogen-bond donors (Lipinski definition) is 1. The van der Waals surface area contributed by atoms with Crippen LogP contribution in [0.15, 0.2) is 91.0 Å². The molecule has 5 heteroatoms. The summed E-state index contributed by atoms with van der Waals surface area (Å²) < 4.78 is 2.32. The van der Waals surface area contributed by atoms with E-state index in [1.165, 1.54) is 21.4 Å². The highest BCUT2D eigenvalue weighted by atomic mass is 32.1. The summed E-state index contributed by atoms with van der Waals surface area (Å²) in [5, 5.41) is 5.25. The average molecular weight is 505 g/mol. The third-order valence-corrected chi connectivity index (χ3v) is 8.62. The van der Waals surface area contributed by atoms with E-state index < -0.39 is 0 Å². The lowest BCUT2D eigenvalue weighted by atomic mass is 10.0. The molecule has 0 saturated heterocycles. The number of anilines is 1. The fourth-order valence-corrected chi connectivity index (χ4v) is 6.59. The molecule has 0 atom stereocenters. The Morgan fingerprint density at radius 2 is 1.56 bits per heavy atom. The summed E-state index contributed by atoms with van der Waals surface area (Å²) in [6, 6.07) is 31.1. The highest BCUT2D eigenvalue weighted by Gasteiger charge is 2.19. The number of aromatic nitrogens is 1. The number of thiophene rings is 1. The van der Waals surface area contributed by atoms with Crippen molar-refractivity contribution in [3.05, 3.63) is 118 Å². The molecular formula is C31H24N2OS2. The number of hydrogen-bond acceptors (Lipinski definition) is 4. The molecule has 36 heavy (non-hydrogen) atoms. The molecule has 0 fully saturated rings. The first-order valence-corrected chi connectivity index (χ1v) is 13.5. The summed E-state index contributed by atoms with van der Waals surface area (Å²) in [7, 11) is 0. The molecule has 3 nitrogen and oxygen atoms in total. The van der Waals surface area contributed by atoms with E-state index in [0.717, 1.165) is 48.7 Å². The van der Waals surface area contributed by atoms with Gasteiger partial charge >= 0.3 is 0 Å². The molecule has 176 valence electrons. The molecular weight excluding hydrogens is 480 g/mol. The van der Waals surface area contributed by atoms with Gasteiger partial charge in [0.1, 0.15) is 5.01 Å². The molecule has 2 heterocycles. The first kappa shape index (κ1) is 22.7.